The fourth-order valence-electron chi connectivity index (χ4n) is 2.53. The van der Waals surface area contributed by atoms with Crippen molar-refractivity contribution < 1.29 is 0 Å². The molecule has 2 nitrogen and oxygen atoms in total. The van der Waals surface area contributed by atoms with Crippen molar-refractivity contribution in [2.45, 2.75) is 39.7 Å². The summed E-state index contributed by atoms with van der Waals surface area (Å²) in [5.41, 5.74) is 9.79. The third-order valence-corrected chi connectivity index (χ3v) is 3.89. The summed E-state index contributed by atoms with van der Waals surface area (Å²) < 4.78 is 0. The Hall–Kier alpha value is -1.02. The number of hydrogen-bond acceptors (Lipinski definition) is 2. The molecule has 0 spiro atoms. The van der Waals surface area contributed by atoms with Gasteiger partial charge >= 0.3 is 0 Å². The number of nitrogens with two attached hydrogens (primary N) is 1. The van der Waals surface area contributed by atoms with Gasteiger partial charge in [0, 0.05) is 25.3 Å². The highest BCUT2D eigenvalue weighted by Gasteiger charge is 2.21. The standard InChI is InChI=1S/C15H24N2/c1-3-17(11-13-5-4-6-13)15-9-12(2)7-8-14(15)10-16/h7-9,13H,3-6,10-11,16H2,1-2H3. The second-order valence-corrected chi connectivity index (χ2v) is 5.17. The molecular formula is C15H24N2. The van der Waals surface area contributed by atoms with E-state index in [4.69, 9.17) is 5.73 Å². The molecule has 0 heterocycles. The van der Waals surface area contributed by atoms with Crippen LogP contribution in [0.1, 0.15) is 37.3 Å². The third-order valence-electron chi connectivity index (χ3n) is 3.89. The Balaban J connectivity index is 2.18. The van der Waals surface area contributed by atoms with Crippen molar-refractivity contribution in [2.75, 3.05) is 18.0 Å². The first-order chi connectivity index (χ1) is 8.24. The molecule has 0 bridgehead atoms. The van der Waals surface area contributed by atoms with Gasteiger partial charge in [0.2, 0.25) is 0 Å². The van der Waals surface area contributed by atoms with Crippen LogP contribution in [0.3, 0.4) is 0 Å². The number of rotatable bonds is 5. The van der Waals surface area contributed by atoms with Gasteiger partial charge in [0.1, 0.15) is 0 Å². The lowest BCUT2D eigenvalue weighted by Crippen LogP contribution is -2.33. The van der Waals surface area contributed by atoms with E-state index in [-0.39, 0.29) is 0 Å². The number of aryl methyl sites for hydroxylation is 1. The average molecular weight is 232 g/mol. The summed E-state index contributed by atoms with van der Waals surface area (Å²) in [6.07, 6.45) is 4.22. The highest BCUT2D eigenvalue weighted by atomic mass is 15.1. The molecule has 2 rings (SSSR count). The van der Waals surface area contributed by atoms with Crippen LogP contribution in [0, 0.1) is 12.8 Å². The van der Waals surface area contributed by atoms with E-state index in [9.17, 15) is 0 Å². The molecule has 0 atom stereocenters. The van der Waals surface area contributed by atoms with E-state index in [1.54, 1.807) is 0 Å². The monoisotopic (exact) mass is 232 g/mol. The average Bonchev–Trinajstić information content (AvgIpc) is 2.28. The summed E-state index contributed by atoms with van der Waals surface area (Å²) in [5, 5.41) is 0. The lowest BCUT2D eigenvalue weighted by atomic mass is 9.85. The maximum Gasteiger partial charge on any atom is 0.0414 e. The predicted molar refractivity (Wildman–Crippen MR) is 74.3 cm³/mol. The largest absolute Gasteiger partial charge is 0.371 e. The summed E-state index contributed by atoms with van der Waals surface area (Å²) in [6.45, 7) is 7.30. The van der Waals surface area contributed by atoms with Gasteiger partial charge in [0.15, 0.2) is 0 Å². The SMILES string of the molecule is CCN(CC1CCC1)c1cc(C)ccc1CN. The van der Waals surface area contributed by atoms with Crippen molar-refractivity contribution in [1.29, 1.82) is 0 Å². The van der Waals surface area contributed by atoms with Crippen molar-refractivity contribution >= 4 is 5.69 Å². The van der Waals surface area contributed by atoms with Gasteiger partial charge in [-0.15, -0.1) is 0 Å². The number of benzene rings is 1. The molecule has 0 unspecified atom stereocenters. The summed E-state index contributed by atoms with van der Waals surface area (Å²) in [4.78, 5) is 2.50. The van der Waals surface area contributed by atoms with Crippen LogP contribution in [0.4, 0.5) is 5.69 Å². The highest BCUT2D eigenvalue weighted by Crippen LogP contribution is 2.30. The molecule has 0 aromatic heterocycles. The van der Waals surface area contributed by atoms with E-state index < -0.39 is 0 Å². The third kappa shape index (κ3) is 2.81. The molecule has 0 aliphatic heterocycles. The molecule has 1 aliphatic carbocycles. The van der Waals surface area contributed by atoms with E-state index in [0.717, 1.165) is 12.5 Å². The van der Waals surface area contributed by atoms with Gasteiger partial charge in [-0.25, -0.2) is 0 Å². The number of hydrogen-bond donors (Lipinski definition) is 1. The lowest BCUT2D eigenvalue weighted by molar-refractivity contribution is 0.318. The first kappa shape index (κ1) is 12.4. The summed E-state index contributed by atoms with van der Waals surface area (Å²) in [6, 6.07) is 6.61. The van der Waals surface area contributed by atoms with Gasteiger partial charge in [-0.05, 0) is 49.8 Å². The maximum absolute atomic E-state index is 5.84. The number of anilines is 1. The van der Waals surface area contributed by atoms with Crippen molar-refractivity contribution in [3.8, 4) is 0 Å². The minimum absolute atomic E-state index is 0.636. The molecule has 2 N–H and O–H groups in total. The quantitative estimate of drug-likeness (QED) is 0.845. The Morgan fingerprint density at radius 2 is 2.12 bits per heavy atom. The van der Waals surface area contributed by atoms with Gasteiger partial charge in [-0.1, -0.05) is 18.6 Å². The smallest absolute Gasteiger partial charge is 0.0414 e. The molecule has 1 saturated carbocycles. The van der Waals surface area contributed by atoms with Gasteiger partial charge in [0.05, 0.1) is 0 Å². The van der Waals surface area contributed by atoms with Gasteiger partial charge in [-0.3, -0.25) is 0 Å². The van der Waals surface area contributed by atoms with Crippen LogP contribution in [0.5, 0.6) is 0 Å². The van der Waals surface area contributed by atoms with Crippen LogP contribution in [-0.2, 0) is 6.54 Å². The van der Waals surface area contributed by atoms with E-state index in [1.807, 2.05) is 0 Å². The van der Waals surface area contributed by atoms with Crippen LogP contribution in [-0.4, -0.2) is 13.1 Å². The Morgan fingerprint density at radius 3 is 2.65 bits per heavy atom. The molecular weight excluding hydrogens is 208 g/mol. The number of nitrogens with zero attached hydrogens (tertiary/aromatic N) is 1. The van der Waals surface area contributed by atoms with Gasteiger partial charge in [-0.2, -0.15) is 0 Å². The predicted octanol–water partition coefficient (Wildman–Crippen LogP) is 3.08. The molecule has 2 heteroatoms. The Bertz CT molecular complexity index is 369. The fraction of sp³-hybridized carbons (Fsp3) is 0.600. The van der Waals surface area contributed by atoms with E-state index in [2.05, 4.69) is 36.9 Å². The molecule has 1 aromatic rings. The van der Waals surface area contributed by atoms with Crippen LogP contribution in [0.15, 0.2) is 18.2 Å². The van der Waals surface area contributed by atoms with Gasteiger partial charge in [0.25, 0.3) is 0 Å². The molecule has 0 amide bonds. The summed E-state index contributed by atoms with van der Waals surface area (Å²) >= 11 is 0. The molecule has 17 heavy (non-hydrogen) atoms. The van der Waals surface area contributed by atoms with Crippen LogP contribution in [0.25, 0.3) is 0 Å². The Kier molecular flexibility index (Phi) is 4.06. The minimum atomic E-state index is 0.636. The van der Waals surface area contributed by atoms with Gasteiger partial charge < -0.3 is 10.6 Å². The van der Waals surface area contributed by atoms with E-state index >= 15 is 0 Å². The Morgan fingerprint density at radius 1 is 1.35 bits per heavy atom. The molecule has 1 aliphatic rings. The summed E-state index contributed by atoms with van der Waals surface area (Å²) in [7, 11) is 0. The first-order valence-corrected chi connectivity index (χ1v) is 6.79. The lowest BCUT2D eigenvalue weighted by Gasteiger charge is -2.34. The topological polar surface area (TPSA) is 29.3 Å². The summed E-state index contributed by atoms with van der Waals surface area (Å²) in [5.74, 6) is 0.904. The van der Waals surface area contributed by atoms with Crippen molar-refractivity contribution in [3.63, 3.8) is 0 Å². The van der Waals surface area contributed by atoms with E-state index in [1.165, 1.54) is 42.6 Å². The van der Waals surface area contributed by atoms with Crippen molar-refractivity contribution in [1.82, 2.24) is 0 Å². The van der Waals surface area contributed by atoms with Crippen molar-refractivity contribution in [2.24, 2.45) is 11.7 Å². The maximum atomic E-state index is 5.84. The zero-order chi connectivity index (χ0) is 12.3. The van der Waals surface area contributed by atoms with Crippen LogP contribution < -0.4 is 10.6 Å². The van der Waals surface area contributed by atoms with Crippen LogP contribution >= 0.6 is 0 Å². The second-order valence-electron chi connectivity index (χ2n) is 5.17. The minimum Gasteiger partial charge on any atom is -0.371 e. The zero-order valence-electron chi connectivity index (χ0n) is 11.1. The molecule has 1 aromatic carbocycles. The fourth-order valence-corrected chi connectivity index (χ4v) is 2.53. The van der Waals surface area contributed by atoms with Crippen molar-refractivity contribution in [3.05, 3.63) is 29.3 Å². The Labute approximate surface area is 105 Å². The van der Waals surface area contributed by atoms with E-state index in [0.29, 0.717) is 6.54 Å². The zero-order valence-corrected chi connectivity index (χ0v) is 11.1. The first-order valence-electron chi connectivity index (χ1n) is 6.79. The molecule has 94 valence electrons. The molecule has 1 fully saturated rings. The molecule has 0 radical (unpaired) electrons. The highest BCUT2D eigenvalue weighted by molar-refractivity contribution is 5.55. The normalized spacial score (nSPS) is 15.7. The van der Waals surface area contributed by atoms with Crippen LogP contribution in [0.2, 0.25) is 0 Å². The second kappa shape index (κ2) is 5.54. The molecule has 0 saturated heterocycles.